The monoisotopic (exact) mass is 371 g/mol. The molecule has 0 aliphatic rings. The normalized spacial score (nSPS) is 11.5. The van der Waals surface area contributed by atoms with Crippen molar-refractivity contribution in [3.63, 3.8) is 0 Å². The number of fused-ring (bicyclic) bond motifs is 1. The molecule has 0 bridgehead atoms. The van der Waals surface area contributed by atoms with Gasteiger partial charge in [0.15, 0.2) is 5.82 Å². The molecule has 0 atom stereocenters. The van der Waals surface area contributed by atoms with Gasteiger partial charge in [0.1, 0.15) is 17.9 Å². The number of nitrogens with one attached hydrogen (secondary N) is 1. The molecule has 3 rings (SSSR count). The molecular formula is C19H22FN5O2. The van der Waals surface area contributed by atoms with E-state index >= 15 is 0 Å². The molecule has 0 saturated heterocycles. The smallest absolute Gasteiger partial charge is 0.291 e. The van der Waals surface area contributed by atoms with Crippen LogP contribution in [0.15, 0.2) is 35.5 Å². The number of hydrogen-bond donors (Lipinski definition) is 1. The summed E-state index contributed by atoms with van der Waals surface area (Å²) < 4.78 is 16.6. The Morgan fingerprint density at radius 1 is 1.26 bits per heavy atom. The third-order valence-electron chi connectivity index (χ3n) is 4.29. The van der Waals surface area contributed by atoms with E-state index in [0.717, 1.165) is 16.4 Å². The van der Waals surface area contributed by atoms with E-state index in [4.69, 9.17) is 0 Å². The topological polar surface area (TPSA) is 81.3 Å². The average molecular weight is 371 g/mol. The molecule has 0 spiro atoms. The lowest BCUT2D eigenvalue weighted by atomic mass is 10.1. The Hall–Kier alpha value is -3.03. The molecule has 0 fully saturated rings. The lowest BCUT2D eigenvalue weighted by molar-refractivity contribution is -0.117. The fourth-order valence-corrected chi connectivity index (χ4v) is 2.81. The van der Waals surface area contributed by atoms with Crippen LogP contribution in [-0.2, 0) is 11.3 Å². The van der Waals surface area contributed by atoms with Crippen molar-refractivity contribution < 1.29 is 9.18 Å². The van der Waals surface area contributed by atoms with Gasteiger partial charge in [0.25, 0.3) is 5.56 Å². The number of rotatable bonds is 5. The molecule has 3 heterocycles. The van der Waals surface area contributed by atoms with Gasteiger partial charge in [-0.1, -0.05) is 27.7 Å². The average Bonchev–Trinajstić information content (AvgIpc) is 3.05. The number of aromatic nitrogens is 4. The molecular weight excluding hydrogens is 349 g/mol. The Morgan fingerprint density at radius 3 is 2.63 bits per heavy atom. The summed E-state index contributed by atoms with van der Waals surface area (Å²) in [5, 5.41) is 6.82. The summed E-state index contributed by atoms with van der Waals surface area (Å²) in [6, 6.07) is 3.19. The number of pyridine rings is 1. The van der Waals surface area contributed by atoms with Gasteiger partial charge >= 0.3 is 0 Å². The number of carbonyl (C=O) groups excluding carboxylic acids is 1. The molecule has 27 heavy (non-hydrogen) atoms. The highest BCUT2D eigenvalue weighted by atomic mass is 19.1. The van der Waals surface area contributed by atoms with Gasteiger partial charge in [-0.25, -0.2) is 9.07 Å². The zero-order valence-corrected chi connectivity index (χ0v) is 15.7. The molecule has 1 N–H and O–H groups in total. The molecule has 0 aliphatic carbocycles. The van der Waals surface area contributed by atoms with Crippen molar-refractivity contribution in [2.45, 2.75) is 46.1 Å². The van der Waals surface area contributed by atoms with Crippen molar-refractivity contribution in [2.24, 2.45) is 0 Å². The van der Waals surface area contributed by atoms with Crippen LogP contribution in [0.3, 0.4) is 0 Å². The minimum Gasteiger partial charge on any atom is -0.322 e. The number of nitrogens with zero attached hydrogens (tertiary/aromatic N) is 4. The molecule has 0 aliphatic heterocycles. The minimum absolute atomic E-state index is 0.0120. The van der Waals surface area contributed by atoms with Gasteiger partial charge in [-0.05, 0) is 23.6 Å². The zero-order valence-electron chi connectivity index (χ0n) is 15.7. The fraction of sp³-hybridized carbons (Fsp3) is 0.368. The molecule has 3 aromatic rings. The maximum atomic E-state index is 13.7. The highest BCUT2D eigenvalue weighted by molar-refractivity contribution is 5.90. The van der Waals surface area contributed by atoms with E-state index in [1.807, 2.05) is 40.0 Å². The van der Waals surface area contributed by atoms with Gasteiger partial charge < -0.3 is 5.32 Å². The zero-order chi connectivity index (χ0) is 19.7. The first-order chi connectivity index (χ1) is 12.8. The van der Waals surface area contributed by atoms with Crippen molar-refractivity contribution in [1.29, 1.82) is 0 Å². The summed E-state index contributed by atoms with van der Waals surface area (Å²) in [6.07, 6.45) is 4.30. The molecule has 0 saturated carbocycles. The maximum absolute atomic E-state index is 13.7. The highest BCUT2D eigenvalue weighted by Gasteiger charge is 2.17. The number of amides is 1. The summed E-state index contributed by atoms with van der Waals surface area (Å²) in [5.41, 5.74) is 1.15. The van der Waals surface area contributed by atoms with Crippen LogP contribution in [0.25, 0.3) is 5.52 Å². The van der Waals surface area contributed by atoms with Crippen molar-refractivity contribution in [2.75, 3.05) is 5.32 Å². The number of halogens is 1. The first-order valence-electron chi connectivity index (χ1n) is 8.80. The molecule has 0 radical (unpaired) electrons. The lowest BCUT2D eigenvalue weighted by Crippen LogP contribution is -2.32. The summed E-state index contributed by atoms with van der Waals surface area (Å²) in [5.74, 6) is -0.190. The molecule has 0 unspecified atom stereocenters. The Morgan fingerprint density at radius 2 is 2.00 bits per heavy atom. The Bertz CT molecular complexity index is 1050. The van der Waals surface area contributed by atoms with Gasteiger partial charge in [0.2, 0.25) is 5.91 Å². The van der Waals surface area contributed by atoms with E-state index in [9.17, 15) is 14.0 Å². The van der Waals surface area contributed by atoms with Crippen LogP contribution in [0.4, 0.5) is 10.1 Å². The second-order valence-electron chi connectivity index (χ2n) is 7.06. The van der Waals surface area contributed by atoms with Gasteiger partial charge in [-0.3, -0.25) is 19.0 Å². The largest absolute Gasteiger partial charge is 0.322 e. The quantitative estimate of drug-likeness (QED) is 0.748. The molecule has 142 valence electrons. The standard InChI is InChI=1S/C19H22FN5O2/c1-11(2)13-7-16-19(27)25(23-18(12(3)4)24(16)9-13)10-17(26)22-15-5-6-21-8-14(15)20/h5-9,11-12H,10H2,1-4H3,(H,21,22,26). The van der Waals surface area contributed by atoms with E-state index in [-0.39, 0.29) is 29.6 Å². The van der Waals surface area contributed by atoms with Gasteiger partial charge in [-0.2, -0.15) is 5.10 Å². The second kappa shape index (κ2) is 7.30. The third kappa shape index (κ3) is 3.74. The van der Waals surface area contributed by atoms with Gasteiger partial charge in [-0.15, -0.1) is 0 Å². The Kier molecular flexibility index (Phi) is 5.07. The summed E-state index contributed by atoms with van der Waals surface area (Å²) in [4.78, 5) is 28.8. The van der Waals surface area contributed by atoms with Crippen molar-refractivity contribution >= 4 is 17.1 Å². The number of hydrogen-bond acceptors (Lipinski definition) is 4. The van der Waals surface area contributed by atoms with Crippen LogP contribution in [-0.4, -0.2) is 25.1 Å². The molecule has 3 aromatic heterocycles. The van der Waals surface area contributed by atoms with E-state index in [0.29, 0.717) is 11.3 Å². The number of anilines is 1. The third-order valence-corrected chi connectivity index (χ3v) is 4.29. The van der Waals surface area contributed by atoms with Crippen LogP contribution in [0, 0.1) is 5.82 Å². The van der Waals surface area contributed by atoms with E-state index < -0.39 is 11.7 Å². The maximum Gasteiger partial charge on any atom is 0.291 e. The number of carbonyl (C=O) groups is 1. The van der Waals surface area contributed by atoms with Gasteiger partial charge in [0.05, 0.1) is 11.9 Å². The summed E-state index contributed by atoms with van der Waals surface area (Å²) in [6.45, 7) is 7.73. The van der Waals surface area contributed by atoms with Crippen molar-refractivity contribution in [3.05, 3.63) is 58.3 Å². The Labute approximate surface area is 155 Å². The van der Waals surface area contributed by atoms with Crippen molar-refractivity contribution in [1.82, 2.24) is 19.2 Å². The summed E-state index contributed by atoms with van der Waals surface area (Å²) in [7, 11) is 0. The minimum atomic E-state index is -0.641. The molecule has 0 aromatic carbocycles. The predicted octanol–water partition coefficient (Wildman–Crippen LogP) is 2.92. The van der Waals surface area contributed by atoms with E-state index in [1.165, 1.54) is 12.3 Å². The fourth-order valence-electron chi connectivity index (χ4n) is 2.81. The molecule has 7 nitrogen and oxygen atoms in total. The molecule has 1 amide bonds. The Balaban J connectivity index is 1.99. The van der Waals surface area contributed by atoms with E-state index in [1.54, 1.807) is 4.40 Å². The first kappa shape index (κ1) is 18.8. The van der Waals surface area contributed by atoms with Gasteiger partial charge in [0, 0.05) is 18.3 Å². The predicted molar refractivity (Wildman–Crippen MR) is 100 cm³/mol. The molecule has 8 heteroatoms. The van der Waals surface area contributed by atoms with Crippen LogP contribution in [0.1, 0.15) is 50.9 Å². The first-order valence-corrected chi connectivity index (χ1v) is 8.80. The lowest BCUT2D eigenvalue weighted by Gasteiger charge is -2.13. The summed E-state index contributed by atoms with van der Waals surface area (Å²) >= 11 is 0. The van der Waals surface area contributed by atoms with Crippen molar-refractivity contribution in [3.8, 4) is 0 Å². The SMILES string of the molecule is CC(C)c1cc2c(=O)n(CC(=O)Nc3ccncc3F)nc(C(C)C)n2c1. The van der Waals surface area contributed by atoms with Crippen LogP contribution in [0.5, 0.6) is 0 Å². The highest BCUT2D eigenvalue weighted by Crippen LogP contribution is 2.20. The van der Waals surface area contributed by atoms with Crippen LogP contribution < -0.4 is 10.9 Å². The van der Waals surface area contributed by atoms with Crippen LogP contribution in [0.2, 0.25) is 0 Å². The van der Waals surface area contributed by atoms with E-state index in [2.05, 4.69) is 15.4 Å². The van der Waals surface area contributed by atoms with Crippen LogP contribution >= 0.6 is 0 Å². The second-order valence-corrected chi connectivity index (χ2v) is 7.06.